The second-order valence-corrected chi connectivity index (χ2v) is 5.22. The van der Waals surface area contributed by atoms with E-state index in [0.29, 0.717) is 15.7 Å². The van der Waals surface area contributed by atoms with E-state index in [2.05, 4.69) is 15.5 Å². The van der Waals surface area contributed by atoms with Crippen LogP contribution in [0.1, 0.15) is 17.7 Å². The van der Waals surface area contributed by atoms with Crippen LogP contribution in [0.3, 0.4) is 0 Å². The molecular weight excluding hydrogens is 283 g/mol. The molecular formula is C13H16Cl2N4. The zero-order chi connectivity index (χ0) is 13.8. The van der Waals surface area contributed by atoms with Gasteiger partial charge in [-0.3, -0.25) is 5.10 Å². The van der Waals surface area contributed by atoms with Gasteiger partial charge in [0.2, 0.25) is 0 Å². The van der Waals surface area contributed by atoms with Crippen molar-refractivity contribution in [1.29, 1.82) is 0 Å². The van der Waals surface area contributed by atoms with Gasteiger partial charge in [-0.25, -0.2) is 0 Å². The SMILES string of the molecule is Cc1[nH]ncc1CCCNc1cc(Cl)c(Cl)cc1N. The number of nitrogens with two attached hydrogens (primary N) is 1. The van der Waals surface area contributed by atoms with Gasteiger partial charge in [-0.15, -0.1) is 0 Å². The molecule has 0 amide bonds. The molecule has 4 N–H and O–H groups in total. The Balaban J connectivity index is 1.86. The van der Waals surface area contributed by atoms with Crippen molar-refractivity contribution in [3.05, 3.63) is 39.6 Å². The van der Waals surface area contributed by atoms with E-state index in [-0.39, 0.29) is 0 Å². The quantitative estimate of drug-likeness (QED) is 0.583. The second kappa shape index (κ2) is 6.17. The molecule has 102 valence electrons. The fourth-order valence-electron chi connectivity index (χ4n) is 1.84. The molecule has 6 heteroatoms. The van der Waals surface area contributed by atoms with Crippen LogP contribution in [0.15, 0.2) is 18.3 Å². The van der Waals surface area contributed by atoms with Gasteiger partial charge in [-0.1, -0.05) is 23.2 Å². The van der Waals surface area contributed by atoms with E-state index in [9.17, 15) is 0 Å². The lowest BCUT2D eigenvalue weighted by molar-refractivity contribution is 0.857. The van der Waals surface area contributed by atoms with Crippen molar-refractivity contribution >= 4 is 34.6 Å². The fourth-order valence-corrected chi connectivity index (χ4v) is 2.18. The van der Waals surface area contributed by atoms with Gasteiger partial charge < -0.3 is 11.1 Å². The number of hydrogen-bond acceptors (Lipinski definition) is 3. The fraction of sp³-hybridized carbons (Fsp3) is 0.308. The second-order valence-electron chi connectivity index (χ2n) is 4.40. The maximum atomic E-state index is 5.96. The molecule has 19 heavy (non-hydrogen) atoms. The number of aryl methyl sites for hydroxylation is 2. The van der Waals surface area contributed by atoms with Crippen LogP contribution in [0.25, 0.3) is 0 Å². The van der Waals surface area contributed by atoms with Gasteiger partial charge in [0, 0.05) is 12.2 Å². The number of rotatable bonds is 5. The number of hydrogen-bond donors (Lipinski definition) is 3. The lowest BCUT2D eigenvalue weighted by atomic mass is 10.1. The van der Waals surface area contributed by atoms with Gasteiger partial charge in [0.25, 0.3) is 0 Å². The first-order valence-corrected chi connectivity index (χ1v) is 6.80. The molecule has 1 aromatic carbocycles. The topological polar surface area (TPSA) is 66.7 Å². The van der Waals surface area contributed by atoms with Crippen LogP contribution in [-0.2, 0) is 6.42 Å². The molecule has 0 aliphatic rings. The summed E-state index contributed by atoms with van der Waals surface area (Å²) in [4.78, 5) is 0. The molecule has 0 aliphatic carbocycles. The molecule has 0 spiro atoms. The normalized spacial score (nSPS) is 10.7. The summed E-state index contributed by atoms with van der Waals surface area (Å²) >= 11 is 11.8. The molecule has 0 saturated heterocycles. The lowest BCUT2D eigenvalue weighted by Gasteiger charge is -2.10. The largest absolute Gasteiger partial charge is 0.397 e. The van der Waals surface area contributed by atoms with Gasteiger partial charge in [0.05, 0.1) is 27.6 Å². The van der Waals surface area contributed by atoms with E-state index in [0.717, 1.165) is 30.8 Å². The Bertz CT molecular complexity index is 566. The Morgan fingerprint density at radius 2 is 2.05 bits per heavy atom. The lowest BCUT2D eigenvalue weighted by Crippen LogP contribution is -2.05. The summed E-state index contributed by atoms with van der Waals surface area (Å²) in [6, 6.07) is 3.41. The van der Waals surface area contributed by atoms with Gasteiger partial charge in [-0.05, 0) is 37.5 Å². The molecule has 0 unspecified atom stereocenters. The first-order valence-electron chi connectivity index (χ1n) is 6.05. The van der Waals surface area contributed by atoms with E-state index >= 15 is 0 Å². The van der Waals surface area contributed by atoms with Crippen LogP contribution >= 0.6 is 23.2 Å². The molecule has 1 aromatic heterocycles. The third-order valence-corrected chi connectivity index (χ3v) is 3.69. The van der Waals surface area contributed by atoms with Crippen molar-refractivity contribution in [2.45, 2.75) is 19.8 Å². The summed E-state index contributed by atoms with van der Waals surface area (Å²) in [6.07, 6.45) is 3.82. The number of H-pyrrole nitrogens is 1. The van der Waals surface area contributed by atoms with Gasteiger partial charge in [0.1, 0.15) is 0 Å². The summed E-state index contributed by atoms with van der Waals surface area (Å²) in [6.45, 7) is 2.83. The minimum atomic E-state index is 0.471. The number of aromatic nitrogens is 2. The first-order chi connectivity index (χ1) is 9.08. The molecule has 4 nitrogen and oxygen atoms in total. The number of anilines is 2. The molecule has 0 aliphatic heterocycles. The summed E-state index contributed by atoms with van der Waals surface area (Å²) in [7, 11) is 0. The number of aromatic amines is 1. The summed E-state index contributed by atoms with van der Waals surface area (Å²) in [5.74, 6) is 0. The average Bonchev–Trinajstić information content (AvgIpc) is 2.77. The van der Waals surface area contributed by atoms with Crippen LogP contribution in [0.5, 0.6) is 0 Å². The zero-order valence-corrected chi connectivity index (χ0v) is 12.1. The van der Waals surface area contributed by atoms with Gasteiger partial charge >= 0.3 is 0 Å². The van der Waals surface area contributed by atoms with Crippen molar-refractivity contribution in [3.63, 3.8) is 0 Å². The smallest absolute Gasteiger partial charge is 0.0614 e. The van der Waals surface area contributed by atoms with Crippen molar-refractivity contribution < 1.29 is 0 Å². The van der Waals surface area contributed by atoms with Crippen molar-refractivity contribution in [1.82, 2.24) is 10.2 Å². The molecule has 0 radical (unpaired) electrons. The van der Waals surface area contributed by atoms with E-state index < -0.39 is 0 Å². The van der Waals surface area contributed by atoms with Crippen LogP contribution < -0.4 is 11.1 Å². The van der Waals surface area contributed by atoms with Crippen LogP contribution in [0, 0.1) is 6.92 Å². The van der Waals surface area contributed by atoms with Crippen molar-refractivity contribution in [2.24, 2.45) is 0 Å². The molecule has 1 heterocycles. The third-order valence-electron chi connectivity index (χ3n) is 2.97. The predicted octanol–water partition coefficient (Wildman–Crippen LogP) is 3.65. The highest BCUT2D eigenvalue weighted by molar-refractivity contribution is 6.42. The summed E-state index contributed by atoms with van der Waals surface area (Å²) in [5, 5.41) is 11.2. The van der Waals surface area contributed by atoms with E-state index in [1.165, 1.54) is 5.56 Å². The molecule has 0 atom stereocenters. The molecule has 2 rings (SSSR count). The van der Waals surface area contributed by atoms with Crippen LogP contribution in [-0.4, -0.2) is 16.7 Å². The predicted molar refractivity (Wildman–Crippen MR) is 81.0 cm³/mol. The van der Waals surface area contributed by atoms with Crippen LogP contribution in [0.2, 0.25) is 10.0 Å². The van der Waals surface area contributed by atoms with E-state index in [4.69, 9.17) is 28.9 Å². The average molecular weight is 299 g/mol. The van der Waals surface area contributed by atoms with Gasteiger partial charge in [0.15, 0.2) is 0 Å². The first kappa shape index (κ1) is 14.0. The number of nitrogens with zero attached hydrogens (tertiary/aromatic N) is 1. The maximum Gasteiger partial charge on any atom is 0.0614 e. The number of nitrogens with one attached hydrogen (secondary N) is 2. The monoisotopic (exact) mass is 298 g/mol. The molecule has 0 bridgehead atoms. The highest BCUT2D eigenvalue weighted by atomic mass is 35.5. The molecule has 2 aromatic rings. The van der Waals surface area contributed by atoms with E-state index in [1.807, 2.05) is 13.1 Å². The highest BCUT2D eigenvalue weighted by Gasteiger charge is 2.05. The molecule has 0 saturated carbocycles. The Hall–Kier alpha value is -1.39. The van der Waals surface area contributed by atoms with Crippen molar-refractivity contribution in [3.8, 4) is 0 Å². The Morgan fingerprint density at radius 3 is 2.74 bits per heavy atom. The van der Waals surface area contributed by atoms with Gasteiger partial charge in [-0.2, -0.15) is 5.10 Å². The standard InChI is InChI=1S/C13H16Cl2N4/c1-8-9(7-18-19-8)3-2-4-17-13-6-11(15)10(14)5-12(13)16/h5-7,17H,2-4,16H2,1H3,(H,18,19). The molecule has 0 fully saturated rings. The summed E-state index contributed by atoms with van der Waals surface area (Å²) in [5.41, 5.74) is 9.65. The third kappa shape index (κ3) is 3.55. The van der Waals surface area contributed by atoms with E-state index in [1.54, 1.807) is 12.1 Å². The zero-order valence-electron chi connectivity index (χ0n) is 10.6. The van der Waals surface area contributed by atoms with Crippen LogP contribution in [0.4, 0.5) is 11.4 Å². The Kier molecular flexibility index (Phi) is 4.56. The number of benzene rings is 1. The van der Waals surface area contributed by atoms with Crippen molar-refractivity contribution in [2.75, 3.05) is 17.6 Å². The summed E-state index contributed by atoms with van der Waals surface area (Å²) < 4.78 is 0. The minimum Gasteiger partial charge on any atom is -0.397 e. The number of halogens is 2. The number of nitrogen functional groups attached to an aromatic ring is 1. The maximum absolute atomic E-state index is 5.96. The Labute approximate surface area is 122 Å². The minimum absolute atomic E-state index is 0.471. The Morgan fingerprint density at radius 1 is 1.32 bits per heavy atom. The highest BCUT2D eigenvalue weighted by Crippen LogP contribution is 2.30.